The summed E-state index contributed by atoms with van der Waals surface area (Å²) < 4.78 is 4.48. The Morgan fingerprint density at radius 1 is 1.56 bits per heavy atom. The van der Waals surface area contributed by atoms with Gasteiger partial charge in [-0.3, -0.25) is 10.1 Å². The van der Waals surface area contributed by atoms with Crippen LogP contribution in [0.5, 0.6) is 0 Å². The highest BCUT2D eigenvalue weighted by Gasteiger charge is 2.24. The lowest BCUT2D eigenvalue weighted by atomic mass is 10.0. The summed E-state index contributed by atoms with van der Waals surface area (Å²) in [5.74, 6) is -0.752. The molecule has 1 rings (SSSR count). The van der Waals surface area contributed by atoms with Crippen LogP contribution < -0.4 is 0 Å². The van der Waals surface area contributed by atoms with Crippen LogP contribution in [0.1, 0.15) is 21.5 Å². The Morgan fingerprint density at radius 3 is 2.62 bits per heavy atom. The lowest BCUT2D eigenvalue weighted by Crippen LogP contribution is -2.08. The maximum atomic E-state index is 11.4. The normalized spacial score (nSPS) is 9.31. The Bertz CT molecular complexity index is 502. The van der Waals surface area contributed by atoms with E-state index in [9.17, 15) is 14.9 Å². The van der Waals surface area contributed by atoms with Crippen molar-refractivity contribution in [2.45, 2.75) is 6.92 Å². The van der Waals surface area contributed by atoms with E-state index in [0.29, 0.717) is 5.56 Å². The summed E-state index contributed by atoms with van der Waals surface area (Å²) in [5.41, 5.74) is -0.251. The molecule has 0 atom stereocenters. The largest absolute Gasteiger partial charge is 0.465 e. The second kappa shape index (κ2) is 4.40. The number of nitro groups is 1. The molecule has 82 valence electrons. The molecule has 0 amide bonds. The number of rotatable bonds is 2. The van der Waals surface area contributed by atoms with Crippen molar-refractivity contribution < 1.29 is 14.5 Å². The summed E-state index contributed by atoms with van der Waals surface area (Å²) in [5, 5.41) is 19.5. The number of benzene rings is 1. The predicted octanol–water partition coefficient (Wildman–Crippen LogP) is 1.56. The Morgan fingerprint density at radius 2 is 2.19 bits per heavy atom. The molecule has 0 aliphatic carbocycles. The average Bonchev–Trinajstić information content (AvgIpc) is 2.26. The Kier molecular flexibility index (Phi) is 3.20. The molecule has 0 spiro atoms. The summed E-state index contributed by atoms with van der Waals surface area (Å²) in [6.45, 7) is 1.58. The number of hydrogen-bond donors (Lipinski definition) is 0. The summed E-state index contributed by atoms with van der Waals surface area (Å²) >= 11 is 0. The molecule has 0 saturated carbocycles. The van der Waals surface area contributed by atoms with Crippen LogP contribution in [0.4, 0.5) is 5.69 Å². The first-order chi connectivity index (χ1) is 7.52. The van der Waals surface area contributed by atoms with E-state index >= 15 is 0 Å². The van der Waals surface area contributed by atoms with E-state index in [4.69, 9.17) is 5.26 Å². The Balaban J connectivity index is 3.58. The van der Waals surface area contributed by atoms with Gasteiger partial charge in [0.05, 0.1) is 17.6 Å². The van der Waals surface area contributed by atoms with Gasteiger partial charge in [0.1, 0.15) is 11.6 Å². The molecule has 0 aliphatic heterocycles. The molecule has 0 heterocycles. The first-order valence-electron chi connectivity index (χ1n) is 4.29. The maximum absolute atomic E-state index is 11.4. The quantitative estimate of drug-likeness (QED) is 0.428. The van der Waals surface area contributed by atoms with E-state index in [1.807, 2.05) is 0 Å². The van der Waals surface area contributed by atoms with Gasteiger partial charge >= 0.3 is 5.97 Å². The van der Waals surface area contributed by atoms with E-state index in [-0.39, 0.29) is 11.1 Å². The lowest BCUT2D eigenvalue weighted by Gasteiger charge is -2.05. The minimum Gasteiger partial charge on any atom is -0.465 e. The van der Waals surface area contributed by atoms with Crippen molar-refractivity contribution in [1.82, 2.24) is 0 Å². The first kappa shape index (κ1) is 11.7. The number of nitrogens with zero attached hydrogens (tertiary/aromatic N) is 2. The highest BCUT2D eigenvalue weighted by molar-refractivity contribution is 5.95. The average molecular weight is 220 g/mol. The molecule has 0 unspecified atom stereocenters. The standard InChI is InChI=1S/C10H8N2O4/c1-6-3-4-8(12(14)15)7(5-11)9(6)10(13)16-2/h3-4H,1-2H3. The van der Waals surface area contributed by atoms with Crippen molar-refractivity contribution in [2.75, 3.05) is 7.11 Å². The van der Waals surface area contributed by atoms with Crippen LogP contribution in [0.15, 0.2) is 12.1 Å². The number of hydrogen-bond acceptors (Lipinski definition) is 5. The maximum Gasteiger partial charge on any atom is 0.339 e. The number of methoxy groups -OCH3 is 1. The highest BCUT2D eigenvalue weighted by atomic mass is 16.6. The van der Waals surface area contributed by atoms with Crippen molar-refractivity contribution in [3.63, 3.8) is 0 Å². The van der Waals surface area contributed by atoms with Gasteiger partial charge in [0.2, 0.25) is 0 Å². The number of aryl methyl sites for hydroxylation is 1. The van der Waals surface area contributed by atoms with Gasteiger partial charge in [0.15, 0.2) is 0 Å². The number of esters is 1. The molecule has 0 fully saturated rings. The van der Waals surface area contributed by atoms with E-state index in [1.54, 1.807) is 13.0 Å². The SMILES string of the molecule is COC(=O)c1c(C)ccc([N+](=O)[O-])c1C#N. The lowest BCUT2D eigenvalue weighted by molar-refractivity contribution is -0.385. The zero-order valence-electron chi connectivity index (χ0n) is 8.68. The van der Waals surface area contributed by atoms with Crippen LogP contribution in [0.2, 0.25) is 0 Å². The zero-order valence-corrected chi connectivity index (χ0v) is 8.68. The Hall–Kier alpha value is -2.42. The minimum absolute atomic E-state index is 0.0563. The second-order valence-corrected chi connectivity index (χ2v) is 3.01. The fourth-order valence-electron chi connectivity index (χ4n) is 1.33. The van der Waals surface area contributed by atoms with Crippen molar-refractivity contribution in [1.29, 1.82) is 5.26 Å². The molecule has 0 radical (unpaired) electrons. The molecule has 0 bridgehead atoms. The van der Waals surface area contributed by atoms with Gasteiger partial charge in [-0.2, -0.15) is 5.26 Å². The van der Waals surface area contributed by atoms with Crippen molar-refractivity contribution in [3.05, 3.63) is 38.9 Å². The number of ether oxygens (including phenoxy) is 1. The van der Waals surface area contributed by atoms with Gasteiger partial charge in [0.25, 0.3) is 5.69 Å². The molecule has 0 aliphatic rings. The third kappa shape index (κ3) is 1.83. The molecule has 6 nitrogen and oxygen atoms in total. The van der Waals surface area contributed by atoms with Gasteiger partial charge < -0.3 is 4.74 Å². The third-order valence-corrected chi connectivity index (χ3v) is 2.09. The molecule has 1 aromatic rings. The fourth-order valence-corrected chi connectivity index (χ4v) is 1.33. The predicted molar refractivity (Wildman–Crippen MR) is 53.9 cm³/mol. The van der Waals surface area contributed by atoms with Crippen molar-refractivity contribution >= 4 is 11.7 Å². The smallest absolute Gasteiger partial charge is 0.339 e. The molecule has 1 aromatic carbocycles. The van der Waals surface area contributed by atoms with Crippen LogP contribution in [-0.2, 0) is 4.74 Å². The van der Waals surface area contributed by atoms with E-state index < -0.39 is 16.6 Å². The van der Waals surface area contributed by atoms with Gasteiger partial charge in [-0.05, 0) is 12.5 Å². The summed E-state index contributed by atoms with van der Waals surface area (Å²) in [4.78, 5) is 21.3. The van der Waals surface area contributed by atoms with E-state index in [0.717, 1.165) is 7.11 Å². The van der Waals surface area contributed by atoms with Gasteiger partial charge in [-0.1, -0.05) is 6.07 Å². The van der Waals surface area contributed by atoms with Gasteiger partial charge in [0, 0.05) is 6.07 Å². The number of carbonyl (C=O) groups is 1. The van der Waals surface area contributed by atoms with Crippen LogP contribution in [0.25, 0.3) is 0 Å². The van der Waals surface area contributed by atoms with E-state index in [1.165, 1.54) is 12.1 Å². The van der Waals surface area contributed by atoms with Crippen LogP contribution in [-0.4, -0.2) is 18.0 Å². The summed E-state index contributed by atoms with van der Waals surface area (Å²) in [7, 11) is 1.15. The molecular weight excluding hydrogens is 212 g/mol. The van der Waals surface area contributed by atoms with Crippen LogP contribution in [0, 0.1) is 28.4 Å². The van der Waals surface area contributed by atoms with Gasteiger partial charge in [-0.25, -0.2) is 4.79 Å². The summed E-state index contributed by atoms with van der Waals surface area (Å²) in [6.07, 6.45) is 0. The summed E-state index contributed by atoms with van der Waals surface area (Å²) in [6, 6.07) is 4.26. The van der Waals surface area contributed by atoms with Gasteiger partial charge in [-0.15, -0.1) is 0 Å². The molecule has 16 heavy (non-hydrogen) atoms. The van der Waals surface area contributed by atoms with Crippen molar-refractivity contribution in [3.8, 4) is 6.07 Å². The van der Waals surface area contributed by atoms with E-state index in [2.05, 4.69) is 4.74 Å². The first-order valence-corrected chi connectivity index (χ1v) is 4.29. The number of nitro benzene ring substituents is 1. The topological polar surface area (TPSA) is 93.2 Å². The number of nitriles is 1. The fraction of sp³-hybridized carbons (Fsp3) is 0.200. The second-order valence-electron chi connectivity index (χ2n) is 3.01. The molecule has 6 heteroatoms. The van der Waals surface area contributed by atoms with Crippen LogP contribution >= 0.6 is 0 Å². The highest BCUT2D eigenvalue weighted by Crippen LogP contribution is 2.24. The number of carbonyl (C=O) groups excluding carboxylic acids is 1. The molecular formula is C10H8N2O4. The minimum atomic E-state index is -0.752. The monoisotopic (exact) mass is 220 g/mol. The zero-order chi connectivity index (χ0) is 12.3. The van der Waals surface area contributed by atoms with Crippen molar-refractivity contribution in [2.24, 2.45) is 0 Å². The van der Waals surface area contributed by atoms with Crippen LogP contribution in [0.3, 0.4) is 0 Å². The Labute approximate surface area is 91.2 Å². The molecule has 0 aromatic heterocycles. The molecule has 0 N–H and O–H groups in total. The molecule has 0 saturated heterocycles. The third-order valence-electron chi connectivity index (χ3n) is 2.09.